The molecule has 0 spiro atoms. The first kappa shape index (κ1) is 15.7. The standard InChI is InChI=1S/C17H20N2O3/c1-21-15-10-6-9-14(16(15)22-2)17(20)19-12-11-18-13-7-4-3-5-8-13/h3-10,18H,11-12H2,1-2H3,(H,19,20). The van der Waals surface area contributed by atoms with Crippen molar-refractivity contribution >= 4 is 11.6 Å². The Balaban J connectivity index is 1.90. The molecule has 22 heavy (non-hydrogen) atoms. The molecule has 5 nitrogen and oxygen atoms in total. The maximum absolute atomic E-state index is 12.2. The zero-order valence-corrected chi connectivity index (χ0v) is 12.8. The van der Waals surface area contributed by atoms with Crippen molar-refractivity contribution in [2.75, 3.05) is 32.6 Å². The highest BCUT2D eigenvalue weighted by molar-refractivity contribution is 5.97. The third-order valence-corrected chi connectivity index (χ3v) is 3.16. The second-order valence-corrected chi connectivity index (χ2v) is 4.59. The van der Waals surface area contributed by atoms with Crippen molar-refractivity contribution in [3.05, 3.63) is 54.1 Å². The van der Waals surface area contributed by atoms with Crippen LogP contribution in [0.5, 0.6) is 11.5 Å². The predicted octanol–water partition coefficient (Wildman–Crippen LogP) is 2.55. The van der Waals surface area contributed by atoms with Gasteiger partial charge in [0.15, 0.2) is 11.5 Å². The lowest BCUT2D eigenvalue weighted by molar-refractivity contribution is 0.0951. The Bertz CT molecular complexity index is 615. The summed E-state index contributed by atoms with van der Waals surface area (Å²) in [6.07, 6.45) is 0. The fourth-order valence-corrected chi connectivity index (χ4v) is 2.10. The molecule has 0 saturated carbocycles. The van der Waals surface area contributed by atoms with Gasteiger partial charge in [-0.15, -0.1) is 0 Å². The van der Waals surface area contributed by atoms with Gasteiger partial charge in [0.05, 0.1) is 19.8 Å². The molecule has 0 aliphatic rings. The van der Waals surface area contributed by atoms with Gasteiger partial charge >= 0.3 is 0 Å². The molecule has 116 valence electrons. The quantitative estimate of drug-likeness (QED) is 0.772. The Labute approximate surface area is 130 Å². The van der Waals surface area contributed by atoms with Crippen molar-refractivity contribution in [1.29, 1.82) is 0 Å². The number of nitrogens with one attached hydrogen (secondary N) is 2. The lowest BCUT2D eigenvalue weighted by atomic mass is 10.1. The molecule has 0 atom stereocenters. The molecule has 0 saturated heterocycles. The van der Waals surface area contributed by atoms with Crippen molar-refractivity contribution in [1.82, 2.24) is 5.32 Å². The van der Waals surface area contributed by atoms with E-state index in [2.05, 4.69) is 10.6 Å². The third kappa shape index (κ3) is 3.91. The highest BCUT2D eigenvalue weighted by atomic mass is 16.5. The van der Waals surface area contributed by atoms with Gasteiger partial charge in [0.1, 0.15) is 0 Å². The number of hydrogen-bond acceptors (Lipinski definition) is 4. The minimum atomic E-state index is -0.189. The molecule has 0 heterocycles. The molecular formula is C17H20N2O3. The normalized spacial score (nSPS) is 9.91. The molecule has 2 aromatic carbocycles. The lowest BCUT2D eigenvalue weighted by Gasteiger charge is -2.13. The topological polar surface area (TPSA) is 59.6 Å². The highest BCUT2D eigenvalue weighted by Crippen LogP contribution is 2.30. The number of methoxy groups -OCH3 is 2. The van der Waals surface area contributed by atoms with Gasteiger partial charge in [0.25, 0.3) is 5.91 Å². The number of carbonyl (C=O) groups excluding carboxylic acids is 1. The van der Waals surface area contributed by atoms with E-state index in [4.69, 9.17) is 9.47 Å². The largest absolute Gasteiger partial charge is 0.493 e. The van der Waals surface area contributed by atoms with E-state index in [0.29, 0.717) is 30.2 Å². The van der Waals surface area contributed by atoms with Crippen LogP contribution in [0.4, 0.5) is 5.69 Å². The van der Waals surface area contributed by atoms with Gasteiger partial charge in [0, 0.05) is 18.8 Å². The predicted molar refractivity (Wildman–Crippen MR) is 86.8 cm³/mol. The molecule has 0 aliphatic carbocycles. The molecule has 2 N–H and O–H groups in total. The van der Waals surface area contributed by atoms with Crippen molar-refractivity contribution in [3.8, 4) is 11.5 Å². The van der Waals surface area contributed by atoms with Gasteiger partial charge in [-0.2, -0.15) is 0 Å². The van der Waals surface area contributed by atoms with Crippen LogP contribution >= 0.6 is 0 Å². The second kappa shape index (κ2) is 7.93. The SMILES string of the molecule is COc1cccc(C(=O)NCCNc2ccccc2)c1OC. The Hall–Kier alpha value is -2.69. The van der Waals surface area contributed by atoms with Crippen molar-refractivity contribution in [3.63, 3.8) is 0 Å². The minimum Gasteiger partial charge on any atom is -0.493 e. The molecule has 0 bridgehead atoms. The van der Waals surface area contributed by atoms with Crippen LogP contribution in [0, 0.1) is 0 Å². The average Bonchev–Trinajstić information content (AvgIpc) is 2.58. The van der Waals surface area contributed by atoms with E-state index in [1.54, 1.807) is 25.3 Å². The summed E-state index contributed by atoms with van der Waals surface area (Å²) in [5.74, 6) is 0.793. The zero-order valence-electron chi connectivity index (χ0n) is 12.8. The molecule has 0 unspecified atom stereocenters. The summed E-state index contributed by atoms with van der Waals surface area (Å²) in [6.45, 7) is 1.15. The number of para-hydroxylation sites is 2. The van der Waals surface area contributed by atoms with Crippen LogP contribution in [0.3, 0.4) is 0 Å². The van der Waals surface area contributed by atoms with Crippen LogP contribution in [0.25, 0.3) is 0 Å². The van der Waals surface area contributed by atoms with Gasteiger partial charge in [-0.1, -0.05) is 24.3 Å². The molecule has 5 heteroatoms. The van der Waals surface area contributed by atoms with E-state index >= 15 is 0 Å². The molecule has 0 fully saturated rings. The summed E-state index contributed by atoms with van der Waals surface area (Å²) in [5.41, 5.74) is 1.48. The van der Waals surface area contributed by atoms with Gasteiger partial charge in [-0.05, 0) is 24.3 Å². The summed E-state index contributed by atoms with van der Waals surface area (Å²) in [7, 11) is 3.06. The monoisotopic (exact) mass is 300 g/mol. The van der Waals surface area contributed by atoms with Gasteiger partial charge in [0.2, 0.25) is 0 Å². The Morgan fingerprint density at radius 2 is 1.73 bits per heavy atom. The highest BCUT2D eigenvalue weighted by Gasteiger charge is 2.15. The Morgan fingerprint density at radius 3 is 2.41 bits per heavy atom. The minimum absolute atomic E-state index is 0.189. The molecule has 1 amide bonds. The molecule has 0 aliphatic heterocycles. The number of hydrogen-bond donors (Lipinski definition) is 2. The summed E-state index contributed by atoms with van der Waals surface area (Å²) in [5, 5.41) is 6.09. The van der Waals surface area contributed by atoms with E-state index in [1.807, 2.05) is 30.3 Å². The van der Waals surface area contributed by atoms with Gasteiger partial charge in [-0.25, -0.2) is 0 Å². The van der Waals surface area contributed by atoms with Crippen LogP contribution in [0.15, 0.2) is 48.5 Å². The first-order valence-corrected chi connectivity index (χ1v) is 7.04. The van der Waals surface area contributed by atoms with E-state index in [0.717, 1.165) is 5.69 Å². The number of ether oxygens (including phenoxy) is 2. The average molecular weight is 300 g/mol. The van der Waals surface area contributed by atoms with Crippen molar-refractivity contribution in [2.45, 2.75) is 0 Å². The van der Waals surface area contributed by atoms with Crippen LogP contribution in [0.1, 0.15) is 10.4 Å². The fraction of sp³-hybridized carbons (Fsp3) is 0.235. The number of amides is 1. The first-order valence-electron chi connectivity index (χ1n) is 7.04. The van der Waals surface area contributed by atoms with Crippen LogP contribution in [0.2, 0.25) is 0 Å². The van der Waals surface area contributed by atoms with Crippen molar-refractivity contribution < 1.29 is 14.3 Å². The fourth-order valence-electron chi connectivity index (χ4n) is 2.10. The lowest BCUT2D eigenvalue weighted by Crippen LogP contribution is -2.29. The number of rotatable bonds is 7. The Kier molecular flexibility index (Phi) is 5.65. The molecule has 0 radical (unpaired) electrons. The van der Waals surface area contributed by atoms with Crippen molar-refractivity contribution in [2.24, 2.45) is 0 Å². The summed E-state index contributed by atoms with van der Waals surface area (Å²) in [6, 6.07) is 15.1. The first-order chi connectivity index (χ1) is 10.8. The van der Waals surface area contributed by atoms with E-state index in [-0.39, 0.29) is 5.91 Å². The van der Waals surface area contributed by atoms with E-state index < -0.39 is 0 Å². The summed E-state index contributed by atoms with van der Waals surface area (Å²) in [4.78, 5) is 12.2. The van der Waals surface area contributed by atoms with Crippen LogP contribution < -0.4 is 20.1 Å². The zero-order chi connectivity index (χ0) is 15.8. The number of carbonyl (C=O) groups is 1. The van der Waals surface area contributed by atoms with Gasteiger partial charge in [-0.3, -0.25) is 4.79 Å². The smallest absolute Gasteiger partial charge is 0.255 e. The number of anilines is 1. The third-order valence-electron chi connectivity index (χ3n) is 3.16. The maximum atomic E-state index is 12.2. The van der Waals surface area contributed by atoms with E-state index in [1.165, 1.54) is 7.11 Å². The molecule has 2 rings (SSSR count). The second-order valence-electron chi connectivity index (χ2n) is 4.59. The van der Waals surface area contributed by atoms with Crippen LogP contribution in [-0.4, -0.2) is 33.2 Å². The molecular weight excluding hydrogens is 280 g/mol. The Morgan fingerprint density at radius 1 is 0.955 bits per heavy atom. The molecule has 0 aromatic heterocycles. The van der Waals surface area contributed by atoms with Gasteiger partial charge < -0.3 is 20.1 Å². The maximum Gasteiger partial charge on any atom is 0.255 e. The number of benzene rings is 2. The van der Waals surface area contributed by atoms with Crippen LogP contribution in [-0.2, 0) is 0 Å². The van der Waals surface area contributed by atoms with E-state index in [9.17, 15) is 4.79 Å². The summed E-state index contributed by atoms with van der Waals surface area (Å²) >= 11 is 0. The molecule has 2 aromatic rings. The summed E-state index contributed by atoms with van der Waals surface area (Å²) < 4.78 is 10.5.